The fraction of sp³-hybridized carbons (Fsp3) is 0.515. The number of esters is 1. The number of ether oxygens (including phenoxy) is 1. The first-order chi connectivity index (χ1) is 19.8. The van der Waals surface area contributed by atoms with Crippen molar-refractivity contribution in [2.45, 2.75) is 88.8 Å². The van der Waals surface area contributed by atoms with Gasteiger partial charge in [0.1, 0.15) is 5.75 Å². The molecule has 8 heteroatoms. The summed E-state index contributed by atoms with van der Waals surface area (Å²) in [6, 6.07) is 15.7. The first kappa shape index (κ1) is 32.9. The summed E-state index contributed by atoms with van der Waals surface area (Å²) in [6.45, 7) is 3.97. The average molecular weight is 584 g/mol. The second-order valence-electron chi connectivity index (χ2n) is 10.9. The highest BCUT2D eigenvalue weighted by atomic mass is 32.2. The molecule has 1 aliphatic carbocycles. The highest BCUT2D eigenvalue weighted by Gasteiger charge is 2.41. The van der Waals surface area contributed by atoms with Gasteiger partial charge in [0.25, 0.3) is 5.91 Å². The van der Waals surface area contributed by atoms with E-state index in [1.165, 1.54) is 0 Å². The zero-order valence-electron chi connectivity index (χ0n) is 24.2. The van der Waals surface area contributed by atoms with Gasteiger partial charge in [-0.05, 0) is 62.1 Å². The number of aliphatic hydroxyl groups excluding tert-OH is 3. The SMILES string of the molecule is CCCCCC(O)CS[C@H]1C(O)CC(O)[C@@H]1CC=CCCC(C)C(=O)Oc1ccc(NC(=O)c2ccccc2)cc1. The number of allylic oxidation sites excluding steroid dienone is 2. The van der Waals surface area contributed by atoms with Gasteiger partial charge in [0.05, 0.1) is 24.2 Å². The van der Waals surface area contributed by atoms with Gasteiger partial charge in [-0.2, -0.15) is 11.8 Å². The molecule has 1 fully saturated rings. The molecule has 0 saturated heterocycles. The van der Waals surface area contributed by atoms with E-state index in [-0.39, 0.29) is 35.1 Å². The molecule has 0 spiro atoms. The van der Waals surface area contributed by atoms with Crippen molar-refractivity contribution in [2.24, 2.45) is 11.8 Å². The lowest BCUT2D eigenvalue weighted by Crippen LogP contribution is -2.26. The van der Waals surface area contributed by atoms with Crippen LogP contribution < -0.4 is 10.1 Å². The van der Waals surface area contributed by atoms with E-state index < -0.39 is 12.2 Å². The predicted molar refractivity (Wildman–Crippen MR) is 165 cm³/mol. The summed E-state index contributed by atoms with van der Waals surface area (Å²) in [7, 11) is 0. The Bertz CT molecular complexity index is 1090. The monoisotopic (exact) mass is 583 g/mol. The molecule has 224 valence electrons. The van der Waals surface area contributed by atoms with Gasteiger partial charge in [-0.1, -0.05) is 63.5 Å². The molecular weight excluding hydrogens is 538 g/mol. The molecule has 3 rings (SSSR count). The van der Waals surface area contributed by atoms with E-state index in [9.17, 15) is 24.9 Å². The lowest BCUT2D eigenvalue weighted by atomic mass is 10.00. The third kappa shape index (κ3) is 10.9. The second kappa shape index (κ2) is 17.3. The minimum absolute atomic E-state index is 0.0584. The maximum Gasteiger partial charge on any atom is 0.314 e. The Balaban J connectivity index is 1.38. The van der Waals surface area contributed by atoms with Crippen LogP contribution in [0.4, 0.5) is 5.69 Å². The van der Waals surface area contributed by atoms with Gasteiger partial charge in [0.2, 0.25) is 0 Å². The van der Waals surface area contributed by atoms with Crippen molar-refractivity contribution in [1.29, 1.82) is 0 Å². The van der Waals surface area contributed by atoms with Crippen molar-refractivity contribution < 1.29 is 29.6 Å². The van der Waals surface area contributed by atoms with Gasteiger partial charge in [-0.25, -0.2) is 0 Å². The lowest BCUT2D eigenvalue weighted by Gasteiger charge is -2.23. The van der Waals surface area contributed by atoms with Gasteiger partial charge < -0.3 is 25.4 Å². The Labute approximate surface area is 248 Å². The van der Waals surface area contributed by atoms with Gasteiger partial charge in [0.15, 0.2) is 0 Å². The van der Waals surface area contributed by atoms with E-state index in [1.54, 1.807) is 60.3 Å². The number of hydrogen-bond acceptors (Lipinski definition) is 7. The molecule has 4 N–H and O–H groups in total. The van der Waals surface area contributed by atoms with E-state index in [1.807, 2.05) is 25.1 Å². The molecular formula is C33H45NO6S. The number of carbonyl (C=O) groups is 2. The summed E-state index contributed by atoms with van der Waals surface area (Å²) >= 11 is 1.57. The van der Waals surface area contributed by atoms with Crippen molar-refractivity contribution in [3.05, 3.63) is 72.3 Å². The quantitative estimate of drug-likeness (QED) is 0.0830. The number of carbonyl (C=O) groups excluding carboxylic acids is 2. The Morgan fingerprint density at radius 1 is 1.02 bits per heavy atom. The van der Waals surface area contributed by atoms with Crippen LogP contribution in [0.5, 0.6) is 5.75 Å². The standard InChI is InChI=1S/C33H45NO6S/c1-3-4-7-15-26(35)22-41-31-28(29(36)21-30(31)37)16-11-5-8-12-23(2)33(39)40-27-19-17-25(18-20-27)34-32(38)24-13-9-6-10-14-24/h5-6,9-11,13-14,17-20,23,26,28-31,35-37H,3-4,7-8,12,15-16,21-22H2,1-2H3,(H,34,38)/t23?,26?,28-,29?,30?,31+/m0/s1. The van der Waals surface area contributed by atoms with E-state index in [0.717, 1.165) is 25.7 Å². The van der Waals surface area contributed by atoms with Gasteiger partial charge in [0, 0.05) is 34.6 Å². The molecule has 0 aromatic heterocycles. The molecule has 0 radical (unpaired) electrons. The molecule has 1 amide bonds. The maximum absolute atomic E-state index is 12.6. The maximum atomic E-state index is 12.6. The smallest absolute Gasteiger partial charge is 0.314 e. The average Bonchev–Trinajstić information content (AvgIpc) is 3.24. The van der Waals surface area contributed by atoms with Crippen LogP contribution in [0.1, 0.15) is 75.6 Å². The van der Waals surface area contributed by atoms with Crippen molar-refractivity contribution in [1.82, 2.24) is 0 Å². The number of thioether (sulfide) groups is 1. The zero-order valence-corrected chi connectivity index (χ0v) is 25.0. The van der Waals surface area contributed by atoms with Crippen LogP contribution >= 0.6 is 11.8 Å². The van der Waals surface area contributed by atoms with Crippen LogP contribution in [0, 0.1) is 11.8 Å². The first-order valence-electron chi connectivity index (χ1n) is 14.8. The van der Waals surface area contributed by atoms with E-state index in [2.05, 4.69) is 12.2 Å². The number of hydrogen-bond donors (Lipinski definition) is 4. The Kier molecular flexibility index (Phi) is 13.9. The van der Waals surface area contributed by atoms with Crippen molar-refractivity contribution in [3.63, 3.8) is 0 Å². The summed E-state index contributed by atoms with van der Waals surface area (Å²) in [5, 5.41) is 33.9. The van der Waals surface area contributed by atoms with Crippen molar-refractivity contribution in [3.8, 4) is 5.75 Å². The van der Waals surface area contributed by atoms with Gasteiger partial charge in [-0.15, -0.1) is 0 Å². The van der Waals surface area contributed by atoms with Crippen LogP contribution in [0.15, 0.2) is 66.7 Å². The van der Waals surface area contributed by atoms with Crippen molar-refractivity contribution in [2.75, 3.05) is 11.1 Å². The molecule has 41 heavy (non-hydrogen) atoms. The fourth-order valence-electron chi connectivity index (χ4n) is 4.97. The summed E-state index contributed by atoms with van der Waals surface area (Å²) in [4.78, 5) is 24.9. The minimum atomic E-state index is -0.569. The minimum Gasteiger partial charge on any atom is -0.426 e. The number of benzene rings is 2. The van der Waals surface area contributed by atoms with Gasteiger partial charge in [-0.3, -0.25) is 9.59 Å². The highest BCUT2D eigenvalue weighted by Crippen LogP contribution is 2.38. The number of aliphatic hydroxyl groups is 3. The van der Waals surface area contributed by atoms with Crippen LogP contribution in [-0.4, -0.2) is 56.5 Å². The molecule has 1 aliphatic rings. The fourth-order valence-corrected chi connectivity index (χ4v) is 6.46. The molecule has 6 atom stereocenters. The van der Waals surface area contributed by atoms with Crippen LogP contribution in [0.2, 0.25) is 0 Å². The molecule has 1 saturated carbocycles. The molecule has 2 aromatic carbocycles. The van der Waals surface area contributed by atoms with Gasteiger partial charge >= 0.3 is 5.97 Å². The number of amides is 1. The topological polar surface area (TPSA) is 116 Å². The van der Waals surface area contributed by atoms with Crippen molar-refractivity contribution >= 4 is 29.3 Å². The van der Waals surface area contributed by atoms with Crippen LogP contribution in [0.25, 0.3) is 0 Å². The van der Waals surface area contributed by atoms with Crippen LogP contribution in [-0.2, 0) is 4.79 Å². The number of anilines is 1. The highest BCUT2D eigenvalue weighted by molar-refractivity contribution is 8.00. The Morgan fingerprint density at radius 2 is 1.76 bits per heavy atom. The predicted octanol–water partition coefficient (Wildman–Crippen LogP) is 5.99. The molecule has 2 aromatic rings. The molecule has 0 heterocycles. The largest absolute Gasteiger partial charge is 0.426 e. The zero-order chi connectivity index (χ0) is 29.6. The molecule has 4 unspecified atom stereocenters. The first-order valence-corrected chi connectivity index (χ1v) is 15.8. The second-order valence-corrected chi connectivity index (χ2v) is 12.1. The third-order valence-electron chi connectivity index (χ3n) is 7.51. The number of nitrogens with one attached hydrogen (secondary N) is 1. The number of unbranched alkanes of at least 4 members (excludes halogenated alkanes) is 2. The van der Waals surface area contributed by atoms with E-state index in [0.29, 0.717) is 48.4 Å². The molecule has 0 bridgehead atoms. The number of rotatable bonds is 16. The Morgan fingerprint density at radius 3 is 2.46 bits per heavy atom. The normalized spacial score (nSPS) is 22.0. The van der Waals surface area contributed by atoms with E-state index in [4.69, 9.17) is 4.74 Å². The lowest BCUT2D eigenvalue weighted by molar-refractivity contribution is -0.138. The van der Waals surface area contributed by atoms with E-state index >= 15 is 0 Å². The van der Waals surface area contributed by atoms with Crippen LogP contribution in [0.3, 0.4) is 0 Å². The third-order valence-corrected chi connectivity index (χ3v) is 9.14. The summed E-state index contributed by atoms with van der Waals surface area (Å²) in [5.41, 5.74) is 1.18. The molecule has 0 aliphatic heterocycles. The summed E-state index contributed by atoms with van der Waals surface area (Å²) in [5.74, 6) is 0.112. The molecule has 7 nitrogen and oxygen atoms in total. The summed E-state index contributed by atoms with van der Waals surface area (Å²) < 4.78 is 5.52. The Hall–Kier alpha value is -2.65. The summed E-state index contributed by atoms with van der Waals surface area (Å²) in [6.07, 6.45) is 8.88.